The molecule has 0 amide bonds. The lowest BCUT2D eigenvalue weighted by Gasteiger charge is -2.08. The summed E-state index contributed by atoms with van der Waals surface area (Å²) in [6, 6.07) is 7.15. The van der Waals surface area contributed by atoms with Crippen LogP contribution in [0.4, 0.5) is 0 Å². The first-order valence-electron chi connectivity index (χ1n) is 9.92. The summed E-state index contributed by atoms with van der Waals surface area (Å²) < 4.78 is 11.9. The number of fused-ring (bicyclic) bond motifs is 3. The predicted octanol–water partition coefficient (Wildman–Crippen LogP) is 2.59. The smallest absolute Gasteiger partial charge is 0.332 e. The molecule has 0 fully saturated rings. The number of ether oxygens (including phenoxy) is 1. The molecule has 0 unspecified atom stereocenters. The number of hydrogen-bond donors (Lipinski definition) is 0. The standard InChI is InChI=1S/C21H24ClN5O3/c1-4-30-10-6-9-25-14(2)12-26-17-18(23-20(25)26)24(3)21(29)27(19(17)28)13-15-7-5-8-16(22)11-15/h5,7-8,11-12H,4,6,9-10,13H2,1-3H3. The number of hydrogen-bond acceptors (Lipinski definition) is 4. The molecule has 0 aliphatic rings. The van der Waals surface area contributed by atoms with E-state index in [2.05, 4.69) is 4.98 Å². The summed E-state index contributed by atoms with van der Waals surface area (Å²) in [5, 5.41) is 0.560. The van der Waals surface area contributed by atoms with E-state index in [1.807, 2.05) is 30.7 Å². The Balaban J connectivity index is 1.85. The van der Waals surface area contributed by atoms with Gasteiger partial charge in [0.2, 0.25) is 5.78 Å². The lowest BCUT2D eigenvalue weighted by atomic mass is 10.2. The Hall–Kier alpha value is -2.84. The van der Waals surface area contributed by atoms with Gasteiger partial charge in [0.1, 0.15) is 0 Å². The van der Waals surface area contributed by atoms with Crippen LogP contribution in [0.3, 0.4) is 0 Å². The number of benzene rings is 1. The van der Waals surface area contributed by atoms with Crippen molar-refractivity contribution in [1.29, 1.82) is 0 Å². The molecule has 4 rings (SSSR count). The van der Waals surface area contributed by atoms with Gasteiger partial charge in [0.05, 0.1) is 6.54 Å². The normalized spacial score (nSPS) is 11.7. The van der Waals surface area contributed by atoms with E-state index in [9.17, 15) is 9.59 Å². The maximum Gasteiger partial charge on any atom is 0.332 e. The molecule has 0 radical (unpaired) electrons. The van der Waals surface area contributed by atoms with E-state index >= 15 is 0 Å². The van der Waals surface area contributed by atoms with Crippen LogP contribution in [0.5, 0.6) is 0 Å². The van der Waals surface area contributed by atoms with E-state index < -0.39 is 5.69 Å². The topological polar surface area (TPSA) is 75.5 Å². The van der Waals surface area contributed by atoms with Crippen LogP contribution in [0.1, 0.15) is 24.6 Å². The molecule has 0 saturated carbocycles. The van der Waals surface area contributed by atoms with Gasteiger partial charge in [-0.3, -0.25) is 18.3 Å². The van der Waals surface area contributed by atoms with Crippen molar-refractivity contribution in [2.75, 3.05) is 13.2 Å². The first kappa shape index (κ1) is 20.4. The molecule has 158 valence electrons. The van der Waals surface area contributed by atoms with Crippen molar-refractivity contribution in [1.82, 2.24) is 23.1 Å². The van der Waals surface area contributed by atoms with Crippen LogP contribution in [0.2, 0.25) is 5.02 Å². The molecule has 3 heterocycles. The van der Waals surface area contributed by atoms with E-state index in [0.29, 0.717) is 35.2 Å². The van der Waals surface area contributed by atoms with E-state index in [1.165, 1.54) is 9.13 Å². The van der Waals surface area contributed by atoms with Gasteiger partial charge in [-0.05, 0) is 38.0 Å². The molecule has 0 bridgehead atoms. The third-order valence-electron chi connectivity index (χ3n) is 5.24. The first-order chi connectivity index (χ1) is 14.4. The van der Waals surface area contributed by atoms with Gasteiger partial charge in [-0.1, -0.05) is 23.7 Å². The average Bonchev–Trinajstić information content (AvgIpc) is 3.22. The van der Waals surface area contributed by atoms with Crippen molar-refractivity contribution < 1.29 is 4.74 Å². The van der Waals surface area contributed by atoms with Crippen LogP contribution >= 0.6 is 11.6 Å². The minimum absolute atomic E-state index is 0.142. The van der Waals surface area contributed by atoms with Crippen molar-refractivity contribution in [2.45, 2.75) is 33.4 Å². The van der Waals surface area contributed by atoms with Crippen molar-refractivity contribution in [3.63, 3.8) is 0 Å². The molecule has 0 aliphatic heterocycles. The molecule has 3 aromatic heterocycles. The second-order valence-electron chi connectivity index (χ2n) is 7.29. The summed E-state index contributed by atoms with van der Waals surface area (Å²) in [6.45, 7) is 6.15. The Morgan fingerprint density at radius 3 is 2.73 bits per heavy atom. The largest absolute Gasteiger partial charge is 0.382 e. The lowest BCUT2D eigenvalue weighted by Crippen LogP contribution is -2.39. The Bertz CT molecular complexity index is 1340. The molecule has 0 spiro atoms. The maximum atomic E-state index is 13.3. The highest BCUT2D eigenvalue weighted by Crippen LogP contribution is 2.17. The highest BCUT2D eigenvalue weighted by atomic mass is 35.5. The molecule has 0 N–H and O–H groups in total. The summed E-state index contributed by atoms with van der Waals surface area (Å²) in [5.41, 5.74) is 1.76. The third-order valence-corrected chi connectivity index (χ3v) is 5.48. The van der Waals surface area contributed by atoms with Gasteiger partial charge in [-0.2, -0.15) is 4.98 Å². The molecule has 30 heavy (non-hydrogen) atoms. The zero-order valence-electron chi connectivity index (χ0n) is 17.3. The molecule has 0 atom stereocenters. The van der Waals surface area contributed by atoms with Gasteiger partial charge in [0.25, 0.3) is 5.56 Å². The van der Waals surface area contributed by atoms with Gasteiger partial charge in [0, 0.05) is 43.7 Å². The fourth-order valence-corrected chi connectivity index (χ4v) is 3.97. The van der Waals surface area contributed by atoms with E-state index in [4.69, 9.17) is 16.3 Å². The molecule has 4 aromatic rings. The predicted molar refractivity (Wildman–Crippen MR) is 117 cm³/mol. The number of aromatic nitrogens is 5. The minimum Gasteiger partial charge on any atom is -0.382 e. The van der Waals surface area contributed by atoms with Crippen molar-refractivity contribution >= 4 is 28.5 Å². The van der Waals surface area contributed by atoms with Gasteiger partial charge in [0.15, 0.2) is 11.2 Å². The Kier molecular flexibility index (Phi) is 5.53. The second kappa shape index (κ2) is 8.12. The fraction of sp³-hybridized carbons (Fsp3) is 0.381. The lowest BCUT2D eigenvalue weighted by molar-refractivity contribution is 0.142. The molecular weight excluding hydrogens is 406 g/mol. The summed E-state index contributed by atoms with van der Waals surface area (Å²) in [4.78, 5) is 30.9. The number of nitrogens with zero attached hydrogens (tertiary/aromatic N) is 5. The molecule has 1 aromatic carbocycles. The fourth-order valence-electron chi connectivity index (χ4n) is 3.76. The number of aryl methyl sites for hydroxylation is 3. The number of rotatable bonds is 7. The summed E-state index contributed by atoms with van der Waals surface area (Å²) in [5.74, 6) is 0.645. The molecule has 9 heteroatoms. The third kappa shape index (κ3) is 3.46. The molecule has 0 saturated heterocycles. The van der Waals surface area contributed by atoms with Crippen LogP contribution in [-0.2, 0) is 24.9 Å². The molecule has 0 aliphatic carbocycles. The van der Waals surface area contributed by atoms with Crippen LogP contribution in [0, 0.1) is 6.92 Å². The van der Waals surface area contributed by atoms with Crippen molar-refractivity contribution in [3.8, 4) is 0 Å². The van der Waals surface area contributed by atoms with Crippen LogP contribution in [-0.4, -0.2) is 36.3 Å². The summed E-state index contributed by atoms with van der Waals surface area (Å²) in [6.07, 6.45) is 2.72. The van der Waals surface area contributed by atoms with Crippen LogP contribution in [0.25, 0.3) is 16.9 Å². The summed E-state index contributed by atoms with van der Waals surface area (Å²) in [7, 11) is 1.64. The monoisotopic (exact) mass is 429 g/mol. The maximum absolute atomic E-state index is 13.3. The number of imidazole rings is 2. The van der Waals surface area contributed by atoms with Gasteiger partial charge >= 0.3 is 5.69 Å². The van der Waals surface area contributed by atoms with Crippen molar-refractivity contribution in [3.05, 3.63) is 67.6 Å². The minimum atomic E-state index is -0.409. The highest BCUT2D eigenvalue weighted by Gasteiger charge is 2.20. The SMILES string of the molecule is CCOCCCn1c(C)cn2c3c(=O)n(Cc4cccc(Cl)c4)c(=O)n(C)c3nc12. The van der Waals surface area contributed by atoms with E-state index in [-0.39, 0.29) is 12.1 Å². The van der Waals surface area contributed by atoms with Crippen molar-refractivity contribution in [2.24, 2.45) is 7.05 Å². The zero-order valence-corrected chi connectivity index (χ0v) is 18.0. The number of halogens is 1. The molecular formula is C21H24ClN5O3. The van der Waals surface area contributed by atoms with Gasteiger partial charge in [-0.25, -0.2) is 4.79 Å². The van der Waals surface area contributed by atoms with E-state index in [0.717, 1.165) is 24.2 Å². The van der Waals surface area contributed by atoms with Gasteiger partial charge in [-0.15, -0.1) is 0 Å². The Labute approximate surface area is 177 Å². The van der Waals surface area contributed by atoms with Crippen LogP contribution < -0.4 is 11.2 Å². The second-order valence-corrected chi connectivity index (χ2v) is 7.73. The zero-order chi connectivity index (χ0) is 21.4. The summed E-state index contributed by atoms with van der Waals surface area (Å²) >= 11 is 6.06. The average molecular weight is 430 g/mol. The van der Waals surface area contributed by atoms with E-state index in [1.54, 1.807) is 29.6 Å². The highest BCUT2D eigenvalue weighted by molar-refractivity contribution is 6.30. The first-order valence-corrected chi connectivity index (χ1v) is 10.3. The van der Waals surface area contributed by atoms with Crippen LogP contribution in [0.15, 0.2) is 40.1 Å². The quantitative estimate of drug-likeness (QED) is 0.423. The Morgan fingerprint density at radius 2 is 2.00 bits per heavy atom. The molecule has 8 nitrogen and oxygen atoms in total. The Morgan fingerprint density at radius 1 is 1.20 bits per heavy atom. The van der Waals surface area contributed by atoms with Gasteiger partial charge < -0.3 is 9.30 Å².